The number of ether oxygens (including phenoxy) is 4. The summed E-state index contributed by atoms with van der Waals surface area (Å²) in [4.78, 5) is 39.3. The van der Waals surface area contributed by atoms with E-state index in [0.29, 0.717) is 32.7 Å². The van der Waals surface area contributed by atoms with E-state index < -0.39 is 5.79 Å². The average Bonchev–Trinajstić information content (AvgIpc) is 3.35. The number of rotatable bonds is 14. The highest BCUT2D eigenvalue weighted by Gasteiger charge is 2.33. The first kappa shape index (κ1) is 30.8. The molecule has 0 radical (unpaired) electrons. The number of aryl methyl sites for hydroxylation is 1. The Morgan fingerprint density at radius 1 is 0.977 bits per heavy atom. The molecule has 0 unspecified atom stereocenters. The number of urea groups is 1. The lowest BCUT2D eigenvalue weighted by Gasteiger charge is -2.32. The van der Waals surface area contributed by atoms with Gasteiger partial charge in [-0.2, -0.15) is 0 Å². The van der Waals surface area contributed by atoms with Crippen LogP contribution < -0.4 is 15.0 Å². The van der Waals surface area contributed by atoms with Crippen molar-refractivity contribution in [1.29, 1.82) is 0 Å². The molecule has 3 aliphatic rings. The molecule has 3 aliphatic heterocycles. The number of unbranched alkanes of at least 4 members (excludes halogenated alkanes) is 4. The third-order valence-electron chi connectivity index (χ3n) is 8.02. The van der Waals surface area contributed by atoms with E-state index in [1.165, 1.54) is 5.56 Å². The van der Waals surface area contributed by atoms with Crippen molar-refractivity contribution in [2.75, 3.05) is 37.7 Å². The van der Waals surface area contributed by atoms with E-state index in [2.05, 4.69) is 11.4 Å². The number of imide groups is 1. The molecule has 2 saturated heterocycles. The number of amides is 4. The molecule has 3 heterocycles. The van der Waals surface area contributed by atoms with E-state index in [1.807, 2.05) is 50.2 Å². The minimum atomic E-state index is -0.632. The summed E-state index contributed by atoms with van der Waals surface area (Å²) in [6.45, 7) is 7.41. The number of cyclic esters (lactones) is 1. The lowest BCUT2D eigenvalue weighted by atomic mass is 10.0. The van der Waals surface area contributed by atoms with Crippen molar-refractivity contribution in [2.45, 2.75) is 83.7 Å². The van der Waals surface area contributed by atoms with Gasteiger partial charge in [-0.25, -0.2) is 9.59 Å². The van der Waals surface area contributed by atoms with E-state index in [0.717, 1.165) is 80.7 Å². The molecule has 0 bridgehead atoms. The minimum Gasteiger partial charge on any atom is -0.463 e. The molecule has 10 nitrogen and oxygen atoms in total. The number of nitrogens with one attached hydrogen (secondary N) is 1. The Morgan fingerprint density at radius 2 is 1.79 bits per heavy atom. The molecule has 10 heteroatoms. The molecule has 2 aromatic carbocycles. The Hall–Kier alpha value is -3.63. The number of carbonyl (C=O) groups excluding carboxylic acids is 3. The molecule has 1 atom stereocenters. The number of fused-ring (bicyclic) bond motifs is 1. The first-order valence-electron chi connectivity index (χ1n) is 15.5. The van der Waals surface area contributed by atoms with E-state index >= 15 is 0 Å². The predicted octanol–water partition coefficient (Wildman–Crippen LogP) is 5.87. The van der Waals surface area contributed by atoms with Gasteiger partial charge in [-0.15, -0.1) is 0 Å². The van der Waals surface area contributed by atoms with Gasteiger partial charge in [0.2, 0.25) is 11.7 Å². The molecule has 2 aromatic rings. The molecule has 1 N–H and O–H groups in total. The van der Waals surface area contributed by atoms with Crippen LogP contribution in [-0.4, -0.2) is 61.6 Å². The van der Waals surface area contributed by atoms with Gasteiger partial charge in [-0.05, 0) is 67.5 Å². The zero-order valence-corrected chi connectivity index (χ0v) is 25.3. The number of hydrogen-bond acceptors (Lipinski definition) is 7. The smallest absolute Gasteiger partial charge is 0.410 e. The monoisotopic (exact) mass is 593 g/mol. The third kappa shape index (κ3) is 8.48. The topological polar surface area (TPSA) is 107 Å². The van der Waals surface area contributed by atoms with Crippen LogP contribution in [0.4, 0.5) is 15.3 Å². The maximum atomic E-state index is 12.4. The second kappa shape index (κ2) is 14.2. The second-order valence-corrected chi connectivity index (χ2v) is 11.9. The zero-order chi connectivity index (χ0) is 30.2. The quantitative estimate of drug-likeness (QED) is 0.273. The van der Waals surface area contributed by atoms with Gasteiger partial charge in [-0.3, -0.25) is 15.0 Å². The van der Waals surface area contributed by atoms with Crippen LogP contribution >= 0.6 is 0 Å². The van der Waals surface area contributed by atoms with E-state index in [4.69, 9.17) is 18.9 Å². The predicted molar refractivity (Wildman–Crippen MR) is 161 cm³/mol. The van der Waals surface area contributed by atoms with Crippen molar-refractivity contribution in [3.63, 3.8) is 0 Å². The van der Waals surface area contributed by atoms with Crippen LogP contribution in [0.2, 0.25) is 0 Å². The van der Waals surface area contributed by atoms with Crippen LogP contribution in [0.25, 0.3) is 0 Å². The summed E-state index contributed by atoms with van der Waals surface area (Å²) in [5.41, 5.74) is 3.94. The second-order valence-electron chi connectivity index (χ2n) is 11.9. The highest BCUT2D eigenvalue weighted by molar-refractivity contribution is 6.05. The van der Waals surface area contributed by atoms with Crippen molar-refractivity contribution in [3.05, 3.63) is 59.2 Å². The average molecular weight is 594 g/mol. The Bertz CT molecular complexity index is 1300. The normalized spacial score (nSPS) is 19.6. The largest absolute Gasteiger partial charge is 0.463 e. The highest BCUT2D eigenvalue weighted by atomic mass is 16.7. The molecule has 0 aliphatic carbocycles. The van der Waals surface area contributed by atoms with Crippen LogP contribution in [-0.2, 0) is 32.0 Å². The summed E-state index contributed by atoms with van der Waals surface area (Å²) < 4.78 is 23.1. The van der Waals surface area contributed by atoms with Crippen LogP contribution in [0.3, 0.4) is 0 Å². The molecule has 0 aromatic heterocycles. The molecule has 43 heavy (non-hydrogen) atoms. The Labute approximate surface area is 253 Å². The fourth-order valence-corrected chi connectivity index (χ4v) is 5.61. The fraction of sp³-hybridized carbons (Fsp3) is 0.545. The van der Waals surface area contributed by atoms with Gasteiger partial charge in [0.15, 0.2) is 0 Å². The Morgan fingerprint density at radius 3 is 2.63 bits per heavy atom. The third-order valence-corrected chi connectivity index (χ3v) is 8.02. The van der Waals surface area contributed by atoms with Crippen LogP contribution in [0.5, 0.6) is 5.75 Å². The minimum absolute atomic E-state index is 0.223. The van der Waals surface area contributed by atoms with Crippen molar-refractivity contribution in [1.82, 2.24) is 10.2 Å². The van der Waals surface area contributed by atoms with Gasteiger partial charge in [-0.1, -0.05) is 31.0 Å². The number of anilines is 1. The zero-order valence-electron chi connectivity index (χ0n) is 25.3. The summed E-state index contributed by atoms with van der Waals surface area (Å²) in [6.07, 6.45) is 6.75. The van der Waals surface area contributed by atoms with E-state index in [9.17, 15) is 14.4 Å². The van der Waals surface area contributed by atoms with Crippen LogP contribution in [0.1, 0.15) is 81.6 Å². The fourth-order valence-electron chi connectivity index (χ4n) is 5.61. The number of nitrogens with zero attached hydrogens (tertiary/aromatic N) is 2. The van der Waals surface area contributed by atoms with Gasteiger partial charge < -0.3 is 23.8 Å². The molecule has 4 amide bonds. The SMILES string of the molecule is CC1(C)OCc2cc([C@@H]3CN(CCCCCCOCCCCc4cccc(N5CCC(=O)NC5=O)c4)C(=O)O3)ccc2O1. The molecule has 0 spiro atoms. The number of carbonyl (C=O) groups is 3. The number of hydrogen-bond donors (Lipinski definition) is 1. The van der Waals surface area contributed by atoms with Crippen molar-refractivity contribution in [2.24, 2.45) is 0 Å². The maximum Gasteiger partial charge on any atom is 0.410 e. The van der Waals surface area contributed by atoms with Crippen LogP contribution in [0.15, 0.2) is 42.5 Å². The molecular weight excluding hydrogens is 550 g/mol. The van der Waals surface area contributed by atoms with Crippen molar-refractivity contribution < 1.29 is 33.3 Å². The summed E-state index contributed by atoms with van der Waals surface area (Å²) in [6, 6.07) is 13.5. The van der Waals surface area contributed by atoms with E-state index in [1.54, 1.807) is 9.80 Å². The number of benzene rings is 2. The summed E-state index contributed by atoms with van der Waals surface area (Å²) in [5.74, 6) is -0.0376. The highest BCUT2D eigenvalue weighted by Crippen LogP contribution is 2.35. The standard InChI is InChI=1S/C33H43N3O7/c1-33(2)41-23-26-21-25(13-14-28(26)43-33)29-22-35(32(39)42-29)16-6-3-4-7-18-40-19-8-5-10-24-11-9-12-27(20-24)36-17-15-30(37)34-31(36)38/h9,11-14,20-21,29H,3-8,10,15-19,22-23H2,1-2H3,(H,34,37,38)/t29-/m0/s1. The summed E-state index contributed by atoms with van der Waals surface area (Å²) in [7, 11) is 0. The van der Waals surface area contributed by atoms with Crippen LogP contribution in [0, 0.1) is 0 Å². The van der Waals surface area contributed by atoms with Gasteiger partial charge in [0.25, 0.3) is 0 Å². The summed E-state index contributed by atoms with van der Waals surface area (Å²) in [5, 5.41) is 2.37. The van der Waals surface area contributed by atoms with Gasteiger partial charge in [0.05, 0.1) is 13.2 Å². The molecular formula is C33H43N3O7. The lowest BCUT2D eigenvalue weighted by molar-refractivity contribution is -0.180. The molecule has 5 rings (SSSR count). The first-order valence-corrected chi connectivity index (χ1v) is 15.5. The molecule has 232 valence electrons. The van der Waals surface area contributed by atoms with Gasteiger partial charge in [0.1, 0.15) is 11.9 Å². The van der Waals surface area contributed by atoms with Crippen molar-refractivity contribution >= 4 is 23.7 Å². The summed E-state index contributed by atoms with van der Waals surface area (Å²) >= 11 is 0. The van der Waals surface area contributed by atoms with Gasteiger partial charge >= 0.3 is 12.1 Å². The van der Waals surface area contributed by atoms with E-state index in [-0.39, 0.29) is 24.1 Å². The molecule has 0 saturated carbocycles. The van der Waals surface area contributed by atoms with Gasteiger partial charge in [0, 0.05) is 57.8 Å². The maximum absolute atomic E-state index is 12.4. The lowest BCUT2D eigenvalue weighted by Crippen LogP contribution is -2.49. The Kier molecular flexibility index (Phi) is 10.2. The Balaban J connectivity index is 0.902. The van der Waals surface area contributed by atoms with Crippen molar-refractivity contribution in [3.8, 4) is 5.75 Å². The molecule has 2 fully saturated rings. The first-order chi connectivity index (χ1) is 20.8.